The monoisotopic (exact) mass is 188 g/mol. The predicted molar refractivity (Wildman–Crippen MR) is 47.0 cm³/mol. The van der Waals surface area contributed by atoms with Gasteiger partial charge in [-0.25, -0.2) is 0 Å². The van der Waals surface area contributed by atoms with Gasteiger partial charge in [-0.3, -0.25) is 0 Å². The van der Waals surface area contributed by atoms with Crippen LogP contribution in [0.25, 0.3) is 0 Å². The van der Waals surface area contributed by atoms with Gasteiger partial charge in [0.25, 0.3) is 0 Å². The molecule has 0 aromatic rings. The second-order valence-electron chi connectivity index (χ2n) is 3.42. The summed E-state index contributed by atoms with van der Waals surface area (Å²) in [4.78, 5) is 0. The summed E-state index contributed by atoms with van der Waals surface area (Å²) < 4.78 is 0. The molecule has 1 rings (SSSR count). The van der Waals surface area contributed by atoms with Crippen LogP contribution in [0.2, 0.25) is 0 Å². The number of hydrogen-bond acceptors (Lipinski definition) is 4. The fraction of sp³-hybridized carbons (Fsp3) is 0.778. The molecule has 4 nitrogen and oxygen atoms in total. The molecule has 0 radical (unpaired) electrons. The van der Waals surface area contributed by atoms with Gasteiger partial charge in [0.15, 0.2) is 0 Å². The van der Waals surface area contributed by atoms with Crippen LogP contribution in [-0.4, -0.2) is 45.8 Å². The first-order valence-corrected chi connectivity index (χ1v) is 4.40. The molecular formula is C9H16O4. The zero-order valence-electron chi connectivity index (χ0n) is 7.64. The van der Waals surface area contributed by atoms with Gasteiger partial charge in [0, 0.05) is 12.5 Å². The molecular weight excluding hydrogens is 172 g/mol. The molecule has 1 aliphatic carbocycles. The standard InChI is InChI=1S/C9H16O4/c1-5-7(4-11)6(2-3-10)9(13)8(5)12/h6,8-13H,2-4H2,1H3/t6-,8-,9+/m1/s1. The molecule has 3 atom stereocenters. The van der Waals surface area contributed by atoms with Crippen LogP contribution in [0.15, 0.2) is 11.1 Å². The van der Waals surface area contributed by atoms with Crippen molar-refractivity contribution in [2.24, 2.45) is 5.92 Å². The second-order valence-corrected chi connectivity index (χ2v) is 3.42. The Balaban J connectivity index is 2.83. The number of aliphatic hydroxyl groups excluding tert-OH is 4. The minimum absolute atomic E-state index is 0.0504. The highest BCUT2D eigenvalue weighted by atomic mass is 16.3. The molecule has 0 aliphatic heterocycles. The highest BCUT2D eigenvalue weighted by Crippen LogP contribution is 2.34. The fourth-order valence-corrected chi connectivity index (χ4v) is 1.89. The third kappa shape index (κ3) is 1.76. The van der Waals surface area contributed by atoms with Crippen molar-refractivity contribution in [3.05, 3.63) is 11.1 Å². The molecule has 0 amide bonds. The summed E-state index contributed by atoms with van der Waals surface area (Å²) in [7, 11) is 0. The Morgan fingerprint density at radius 1 is 1.23 bits per heavy atom. The summed E-state index contributed by atoms with van der Waals surface area (Å²) in [6.45, 7) is 1.48. The Bertz CT molecular complexity index is 212. The van der Waals surface area contributed by atoms with E-state index < -0.39 is 12.2 Å². The minimum atomic E-state index is -0.890. The fourth-order valence-electron chi connectivity index (χ4n) is 1.89. The first-order chi connectivity index (χ1) is 6.13. The molecule has 4 heteroatoms. The highest BCUT2D eigenvalue weighted by molar-refractivity contribution is 5.28. The quantitative estimate of drug-likeness (QED) is 0.429. The molecule has 0 unspecified atom stereocenters. The van der Waals surface area contributed by atoms with Gasteiger partial charge >= 0.3 is 0 Å². The van der Waals surface area contributed by atoms with E-state index in [1.807, 2.05) is 0 Å². The highest BCUT2D eigenvalue weighted by Gasteiger charge is 2.37. The lowest BCUT2D eigenvalue weighted by Gasteiger charge is -2.17. The van der Waals surface area contributed by atoms with Crippen molar-refractivity contribution < 1.29 is 20.4 Å². The third-order valence-electron chi connectivity index (χ3n) is 2.74. The van der Waals surface area contributed by atoms with E-state index >= 15 is 0 Å². The van der Waals surface area contributed by atoms with E-state index in [0.717, 1.165) is 0 Å². The van der Waals surface area contributed by atoms with Gasteiger partial charge in [-0.1, -0.05) is 0 Å². The first-order valence-electron chi connectivity index (χ1n) is 4.40. The van der Waals surface area contributed by atoms with Crippen LogP contribution in [-0.2, 0) is 0 Å². The molecule has 0 bridgehead atoms. The van der Waals surface area contributed by atoms with Gasteiger partial charge in [0.1, 0.15) is 6.10 Å². The predicted octanol–water partition coefficient (Wildman–Crippen LogP) is -0.971. The van der Waals surface area contributed by atoms with E-state index in [9.17, 15) is 10.2 Å². The Morgan fingerprint density at radius 3 is 2.31 bits per heavy atom. The van der Waals surface area contributed by atoms with E-state index in [1.165, 1.54) is 0 Å². The maximum absolute atomic E-state index is 9.55. The van der Waals surface area contributed by atoms with Crippen molar-refractivity contribution in [2.45, 2.75) is 25.6 Å². The molecule has 0 saturated carbocycles. The normalized spacial score (nSPS) is 34.4. The van der Waals surface area contributed by atoms with Crippen molar-refractivity contribution >= 4 is 0 Å². The Hall–Kier alpha value is -0.420. The molecule has 0 aromatic carbocycles. The average Bonchev–Trinajstić information content (AvgIpc) is 2.32. The van der Waals surface area contributed by atoms with E-state index in [2.05, 4.69) is 0 Å². The molecule has 0 saturated heterocycles. The molecule has 4 N–H and O–H groups in total. The van der Waals surface area contributed by atoms with Gasteiger partial charge in [-0.2, -0.15) is 0 Å². The van der Waals surface area contributed by atoms with Crippen LogP contribution in [0.3, 0.4) is 0 Å². The van der Waals surface area contributed by atoms with E-state index in [1.54, 1.807) is 6.92 Å². The smallest absolute Gasteiger partial charge is 0.102 e. The average molecular weight is 188 g/mol. The van der Waals surface area contributed by atoms with Gasteiger partial charge < -0.3 is 20.4 Å². The Kier molecular flexibility index (Phi) is 3.44. The van der Waals surface area contributed by atoms with E-state index in [4.69, 9.17) is 10.2 Å². The van der Waals surface area contributed by atoms with E-state index in [-0.39, 0.29) is 19.1 Å². The van der Waals surface area contributed by atoms with Crippen molar-refractivity contribution in [3.8, 4) is 0 Å². The maximum atomic E-state index is 9.55. The summed E-state index contributed by atoms with van der Waals surface area (Å²) in [5, 5.41) is 36.8. The van der Waals surface area contributed by atoms with Crippen LogP contribution in [0, 0.1) is 5.92 Å². The van der Waals surface area contributed by atoms with Crippen LogP contribution >= 0.6 is 0 Å². The van der Waals surface area contributed by atoms with Crippen molar-refractivity contribution in [1.29, 1.82) is 0 Å². The Labute approximate surface area is 77.1 Å². The number of aliphatic hydroxyl groups is 4. The zero-order valence-corrected chi connectivity index (χ0v) is 7.64. The second kappa shape index (κ2) is 4.19. The summed E-state index contributed by atoms with van der Waals surface area (Å²) >= 11 is 0. The van der Waals surface area contributed by atoms with Crippen molar-refractivity contribution in [1.82, 2.24) is 0 Å². The zero-order chi connectivity index (χ0) is 10.0. The largest absolute Gasteiger partial charge is 0.396 e. The summed E-state index contributed by atoms with van der Waals surface area (Å²) in [6, 6.07) is 0. The lowest BCUT2D eigenvalue weighted by atomic mass is 9.96. The molecule has 76 valence electrons. The SMILES string of the molecule is CC1=C(CO)[C@@H](CCO)[C@H](O)[C@@H]1O. The van der Waals surface area contributed by atoms with Gasteiger partial charge in [0.2, 0.25) is 0 Å². The minimum Gasteiger partial charge on any atom is -0.396 e. The van der Waals surface area contributed by atoms with Gasteiger partial charge in [0.05, 0.1) is 12.7 Å². The lowest BCUT2D eigenvalue weighted by molar-refractivity contribution is 0.0207. The molecule has 13 heavy (non-hydrogen) atoms. The van der Waals surface area contributed by atoms with Crippen LogP contribution in [0.1, 0.15) is 13.3 Å². The molecule has 0 heterocycles. The molecule has 0 fully saturated rings. The van der Waals surface area contributed by atoms with Crippen molar-refractivity contribution in [2.75, 3.05) is 13.2 Å². The molecule has 0 aromatic heterocycles. The van der Waals surface area contributed by atoms with Gasteiger partial charge in [-0.15, -0.1) is 0 Å². The topological polar surface area (TPSA) is 80.9 Å². The number of rotatable bonds is 3. The van der Waals surface area contributed by atoms with Gasteiger partial charge in [-0.05, 0) is 24.5 Å². The summed E-state index contributed by atoms with van der Waals surface area (Å²) in [5.74, 6) is -0.301. The molecule has 1 aliphatic rings. The van der Waals surface area contributed by atoms with Crippen LogP contribution in [0.5, 0.6) is 0 Å². The molecule has 0 spiro atoms. The first kappa shape index (κ1) is 10.7. The summed E-state index contributed by atoms with van der Waals surface area (Å²) in [5.41, 5.74) is 1.29. The van der Waals surface area contributed by atoms with E-state index in [0.29, 0.717) is 17.6 Å². The van der Waals surface area contributed by atoms with Crippen LogP contribution < -0.4 is 0 Å². The van der Waals surface area contributed by atoms with Crippen molar-refractivity contribution in [3.63, 3.8) is 0 Å². The lowest BCUT2D eigenvalue weighted by Crippen LogP contribution is -2.28. The summed E-state index contributed by atoms with van der Waals surface area (Å²) in [6.07, 6.45) is -1.39. The Morgan fingerprint density at radius 2 is 1.85 bits per heavy atom. The van der Waals surface area contributed by atoms with Crippen LogP contribution in [0.4, 0.5) is 0 Å². The number of hydrogen-bond donors (Lipinski definition) is 4. The third-order valence-corrected chi connectivity index (χ3v) is 2.74. The maximum Gasteiger partial charge on any atom is 0.102 e.